The molecule has 4 nitrogen and oxygen atoms in total. The van der Waals surface area contributed by atoms with Crippen molar-refractivity contribution in [2.75, 3.05) is 0 Å². The summed E-state index contributed by atoms with van der Waals surface area (Å²) in [6.45, 7) is 1.88. The van der Waals surface area contributed by atoms with Crippen LogP contribution in [0.15, 0.2) is 42.5 Å². The summed E-state index contributed by atoms with van der Waals surface area (Å²) in [6, 6.07) is 13.0. The van der Waals surface area contributed by atoms with Gasteiger partial charge in [-0.25, -0.2) is 9.78 Å². The molecule has 0 saturated heterocycles. The van der Waals surface area contributed by atoms with Crippen LogP contribution in [0.2, 0.25) is 0 Å². The van der Waals surface area contributed by atoms with Crippen molar-refractivity contribution < 1.29 is 9.53 Å². The van der Waals surface area contributed by atoms with Crippen molar-refractivity contribution in [3.8, 4) is 17.0 Å². The largest absolute Gasteiger partial charge is 0.410 e. The van der Waals surface area contributed by atoms with E-state index in [9.17, 15) is 4.79 Å². The van der Waals surface area contributed by atoms with Gasteiger partial charge in [0.05, 0.1) is 0 Å². The minimum atomic E-state index is -0.840. The van der Waals surface area contributed by atoms with E-state index in [0.29, 0.717) is 11.4 Å². The smallest absolute Gasteiger partial charge is 0.408 e. The highest BCUT2D eigenvalue weighted by molar-refractivity contribution is 5.74. The van der Waals surface area contributed by atoms with E-state index in [0.717, 1.165) is 11.3 Å². The van der Waals surface area contributed by atoms with E-state index in [2.05, 4.69) is 4.98 Å². The molecule has 0 unspecified atom stereocenters. The molecule has 0 radical (unpaired) electrons. The average Bonchev–Trinajstić information content (AvgIpc) is 2.32. The average molecular weight is 228 g/mol. The first-order valence-corrected chi connectivity index (χ1v) is 5.17. The number of hydrogen-bond donors (Lipinski definition) is 1. The first-order valence-electron chi connectivity index (χ1n) is 5.17. The Morgan fingerprint density at radius 3 is 2.53 bits per heavy atom. The van der Waals surface area contributed by atoms with Crippen LogP contribution in [0.3, 0.4) is 0 Å². The highest BCUT2D eigenvalue weighted by atomic mass is 16.5. The molecule has 0 aliphatic carbocycles. The predicted octanol–water partition coefficient (Wildman–Crippen LogP) is 2.51. The van der Waals surface area contributed by atoms with Gasteiger partial charge in [-0.05, 0) is 19.1 Å². The first-order chi connectivity index (χ1) is 8.16. The minimum absolute atomic E-state index is 0.370. The monoisotopic (exact) mass is 228 g/mol. The third kappa shape index (κ3) is 2.60. The van der Waals surface area contributed by atoms with E-state index in [4.69, 9.17) is 10.5 Å². The van der Waals surface area contributed by atoms with E-state index >= 15 is 0 Å². The van der Waals surface area contributed by atoms with Gasteiger partial charge in [-0.15, -0.1) is 0 Å². The Hall–Kier alpha value is -2.36. The van der Waals surface area contributed by atoms with Gasteiger partial charge in [0.1, 0.15) is 5.69 Å². The molecule has 2 rings (SSSR count). The van der Waals surface area contributed by atoms with Gasteiger partial charge >= 0.3 is 6.09 Å². The van der Waals surface area contributed by atoms with Crippen molar-refractivity contribution >= 4 is 6.09 Å². The quantitative estimate of drug-likeness (QED) is 0.858. The lowest BCUT2D eigenvalue weighted by molar-refractivity contribution is 0.211. The summed E-state index contributed by atoms with van der Waals surface area (Å²) in [5, 5.41) is 0. The fourth-order valence-corrected chi connectivity index (χ4v) is 1.54. The molecular formula is C13H12N2O2. The second kappa shape index (κ2) is 4.65. The van der Waals surface area contributed by atoms with Gasteiger partial charge in [0.25, 0.3) is 0 Å². The van der Waals surface area contributed by atoms with Gasteiger partial charge in [-0.2, -0.15) is 0 Å². The number of rotatable bonds is 2. The van der Waals surface area contributed by atoms with Crippen molar-refractivity contribution in [3.05, 3.63) is 48.2 Å². The van der Waals surface area contributed by atoms with E-state index in [1.165, 1.54) is 0 Å². The summed E-state index contributed by atoms with van der Waals surface area (Å²) in [4.78, 5) is 15.2. The van der Waals surface area contributed by atoms with Crippen LogP contribution in [0.5, 0.6) is 5.75 Å². The Labute approximate surface area is 99.1 Å². The maximum atomic E-state index is 10.8. The molecule has 86 valence electrons. The zero-order chi connectivity index (χ0) is 12.3. The van der Waals surface area contributed by atoms with Gasteiger partial charge in [0.2, 0.25) is 0 Å². The highest BCUT2D eigenvalue weighted by Gasteiger charge is 2.10. The lowest BCUT2D eigenvalue weighted by Gasteiger charge is -2.08. The van der Waals surface area contributed by atoms with Crippen molar-refractivity contribution in [1.29, 1.82) is 0 Å². The number of ether oxygens (including phenoxy) is 1. The van der Waals surface area contributed by atoms with Gasteiger partial charge in [-0.1, -0.05) is 30.3 Å². The summed E-state index contributed by atoms with van der Waals surface area (Å²) >= 11 is 0. The van der Waals surface area contributed by atoms with E-state index < -0.39 is 6.09 Å². The lowest BCUT2D eigenvalue weighted by atomic mass is 10.1. The topological polar surface area (TPSA) is 65.2 Å². The number of aromatic nitrogens is 1. The molecule has 0 spiro atoms. The van der Waals surface area contributed by atoms with Crippen LogP contribution in [0, 0.1) is 6.92 Å². The lowest BCUT2D eigenvalue weighted by Crippen LogP contribution is -2.17. The number of benzene rings is 1. The molecule has 0 saturated carbocycles. The van der Waals surface area contributed by atoms with E-state index in [-0.39, 0.29) is 0 Å². The van der Waals surface area contributed by atoms with Crippen LogP contribution in [0.4, 0.5) is 4.79 Å². The molecule has 1 heterocycles. The molecule has 2 N–H and O–H groups in total. The number of carbonyl (C=O) groups is 1. The molecule has 2 aromatic rings. The van der Waals surface area contributed by atoms with Crippen LogP contribution < -0.4 is 10.5 Å². The number of aryl methyl sites for hydroxylation is 1. The third-order valence-electron chi connectivity index (χ3n) is 2.26. The number of amides is 1. The number of primary amides is 1. The molecule has 0 atom stereocenters. The summed E-state index contributed by atoms with van der Waals surface area (Å²) in [5.74, 6) is 0.370. The van der Waals surface area contributed by atoms with E-state index in [1.807, 2.05) is 37.3 Å². The fraction of sp³-hybridized carbons (Fsp3) is 0.0769. The van der Waals surface area contributed by atoms with Gasteiger partial charge < -0.3 is 10.5 Å². The summed E-state index contributed by atoms with van der Waals surface area (Å²) in [7, 11) is 0. The number of nitrogens with two attached hydrogens (primary N) is 1. The van der Waals surface area contributed by atoms with Gasteiger partial charge in [-0.3, -0.25) is 0 Å². The number of pyridine rings is 1. The summed E-state index contributed by atoms with van der Waals surface area (Å²) in [6.07, 6.45) is -0.840. The molecule has 1 amide bonds. The van der Waals surface area contributed by atoms with Crippen molar-refractivity contribution in [2.24, 2.45) is 5.73 Å². The molecule has 1 aromatic heterocycles. The normalized spacial score (nSPS) is 9.94. The van der Waals surface area contributed by atoms with Crippen LogP contribution in [-0.2, 0) is 0 Å². The van der Waals surface area contributed by atoms with Crippen LogP contribution in [0.25, 0.3) is 11.3 Å². The molecule has 0 bridgehead atoms. The standard InChI is InChI=1S/C13H12N2O2/c1-9-7-8-11(17-13(14)16)12(15-9)10-5-3-2-4-6-10/h2-8H,1H3,(H2,14,16). The first kappa shape index (κ1) is 11.1. The Balaban J connectivity index is 2.51. The van der Waals surface area contributed by atoms with Crippen molar-refractivity contribution in [2.45, 2.75) is 6.92 Å². The van der Waals surface area contributed by atoms with Crippen molar-refractivity contribution in [1.82, 2.24) is 4.98 Å². The molecule has 4 heteroatoms. The highest BCUT2D eigenvalue weighted by Crippen LogP contribution is 2.27. The molecule has 0 fully saturated rings. The Bertz CT molecular complexity index is 538. The number of hydrogen-bond acceptors (Lipinski definition) is 3. The zero-order valence-corrected chi connectivity index (χ0v) is 9.38. The fourth-order valence-electron chi connectivity index (χ4n) is 1.54. The number of carbonyl (C=O) groups excluding carboxylic acids is 1. The Kier molecular flexibility index (Phi) is 3.05. The second-order valence-corrected chi connectivity index (χ2v) is 3.59. The van der Waals surface area contributed by atoms with Crippen molar-refractivity contribution in [3.63, 3.8) is 0 Å². The minimum Gasteiger partial charge on any atom is -0.408 e. The summed E-state index contributed by atoms with van der Waals surface area (Å²) in [5.41, 5.74) is 7.37. The second-order valence-electron chi connectivity index (χ2n) is 3.59. The number of nitrogens with zero attached hydrogens (tertiary/aromatic N) is 1. The van der Waals surface area contributed by atoms with E-state index in [1.54, 1.807) is 12.1 Å². The van der Waals surface area contributed by atoms with Gasteiger partial charge in [0.15, 0.2) is 5.75 Å². The Morgan fingerprint density at radius 2 is 1.88 bits per heavy atom. The summed E-state index contributed by atoms with van der Waals surface area (Å²) < 4.78 is 4.93. The SMILES string of the molecule is Cc1ccc(OC(N)=O)c(-c2ccccc2)n1. The maximum absolute atomic E-state index is 10.8. The van der Waals surface area contributed by atoms with Crippen LogP contribution in [-0.4, -0.2) is 11.1 Å². The van der Waals surface area contributed by atoms with Crippen LogP contribution in [0.1, 0.15) is 5.69 Å². The van der Waals surface area contributed by atoms with Gasteiger partial charge in [0, 0.05) is 11.3 Å². The molecular weight excluding hydrogens is 216 g/mol. The third-order valence-corrected chi connectivity index (χ3v) is 2.26. The molecule has 1 aromatic carbocycles. The van der Waals surface area contributed by atoms with Crippen LogP contribution >= 0.6 is 0 Å². The maximum Gasteiger partial charge on any atom is 0.410 e. The Morgan fingerprint density at radius 1 is 1.18 bits per heavy atom. The predicted molar refractivity (Wildman–Crippen MR) is 64.6 cm³/mol. The molecule has 0 aliphatic rings. The molecule has 0 aliphatic heterocycles. The zero-order valence-electron chi connectivity index (χ0n) is 9.38. The molecule has 17 heavy (non-hydrogen) atoms.